The molecular formula is C21H19Cl2N3O2. The fourth-order valence-electron chi connectivity index (χ4n) is 3.84. The second-order valence-corrected chi connectivity index (χ2v) is 7.79. The van der Waals surface area contributed by atoms with Crippen LogP contribution in [-0.2, 0) is 13.1 Å². The van der Waals surface area contributed by atoms with Gasteiger partial charge in [0, 0.05) is 59.3 Å². The van der Waals surface area contributed by atoms with Gasteiger partial charge in [-0.2, -0.15) is 0 Å². The highest BCUT2D eigenvalue weighted by atomic mass is 35.5. The molecule has 4 rings (SSSR count). The first-order valence-electron chi connectivity index (χ1n) is 9.10. The monoisotopic (exact) mass is 415 g/mol. The highest BCUT2D eigenvalue weighted by Gasteiger charge is 2.30. The number of hydrogen-bond acceptors (Lipinski definition) is 3. The van der Waals surface area contributed by atoms with Gasteiger partial charge in [0.1, 0.15) is 0 Å². The first-order valence-corrected chi connectivity index (χ1v) is 9.86. The van der Waals surface area contributed by atoms with E-state index >= 15 is 0 Å². The lowest BCUT2D eigenvalue weighted by molar-refractivity contribution is -0.384. The van der Waals surface area contributed by atoms with Gasteiger partial charge in [-0.05, 0) is 42.3 Å². The molecule has 1 aliphatic rings. The Morgan fingerprint density at radius 1 is 1.07 bits per heavy atom. The van der Waals surface area contributed by atoms with Crippen LogP contribution in [0, 0.1) is 10.1 Å². The van der Waals surface area contributed by atoms with Gasteiger partial charge in [0.15, 0.2) is 0 Å². The van der Waals surface area contributed by atoms with E-state index in [2.05, 4.69) is 21.7 Å². The van der Waals surface area contributed by atoms with E-state index in [0.717, 1.165) is 36.3 Å². The molecule has 2 heterocycles. The van der Waals surface area contributed by atoms with Crippen molar-refractivity contribution in [2.24, 2.45) is 0 Å². The topological polar surface area (TPSA) is 51.3 Å². The number of rotatable bonds is 4. The van der Waals surface area contributed by atoms with E-state index in [1.165, 1.54) is 6.07 Å². The van der Waals surface area contributed by atoms with Crippen LogP contribution in [0.15, 0.2) is 60.8 Å². The fourth-order valence-corrected chi connectivity index (χ4v) is 4.19. The fraction of sp³-hybridized carbons (Fsp3) is 0.238. The second kappa shape index (κ2) is 7.95. The summed E-state index contributed by atoms with van der Waals surface area (Å²) in [5, 5.41) is 12.6. The molecule has 144 valence electrons. The zero-order valence-corrected chi connectivity index (χ0v) is 16.6. The van der Waals surface area contributed by atoms with E-state index in [4.69, 9.17) is 23.2 Å². The molecule has 0 fully saturated rings. The van der Waals surface area contributed by atoms with Crippen LogP contribution in [0.1, 0.15) is 29.3 Å². The van der Waals surface area contributed by atoms with E-state index in [-0.39, 0.29) is 16.7 Å². The number of fused-ring (bicyclic) bond motifs is 1. The third-order valence-corrected chi connectivity index (χ3v) is 5.73. The highest BCUT2D eigenvalue weighted by molar-refractivity contribution is 6.31. The summed E-state index contributed by atoms with van der Waals surface area (Å²) < 4.78 is 2.21. The summed E-state index contributed by atoms with van der Waals surface area (Å²) in [6.45, 7) is 2.46. The molecule has 1 aromatic heterocycles. The van der Waals surface area contributed by atoms with Crippen molar-refractivity contribution in [2.45, 2.75) is 25.6 Å². The average molecular weight is 416 g/mol. The standard InChI is InChI=1S/C21H19Cl2N3O2/c22-16-6-4-15(5-7-16)14-25-12-2-11-24-10-1-3-20(24)21(25)18-13-17(26(27)28)8-9-19(18)23/h1,3-10,13,21H,2,11-12,14H2/t21-/m0/s1. The van der Waals surface area contributed by atoms with Crippen molar-refractivity contribution in [3.05, 3.63) is 97.8 Å². The summed E-state index contributed by atoms with van der Waals surface area (Å²) in [6.07, 6.45) is 3.04. The first-order chi connectivity index (χ1) is 13.5. The van der Waals surface area contributed by atoms with Crippen LogP contribution in [0.25, 0.3) is 0 Å². The molecule has 0 unspecified atom stereocenters. The Morgan fingerprint density at radius 3 is 2.61 bits per heavy atom. The Balaban J connectivity index is 1.80. The Bertz CT molecular complexity index is 1000. The SMILES string of the molecule is O=[N+]([O-])c1ccc(Cl)c([C@H]2c3cccn3CCCN2Cc2ccc(Cl)cc2)c1. The zero-order valence-electron chi connectivity index (χ0n) is 15.1. The third-order valence-electron chi connectivity index (χ3n) is 5.14. The molecule has 5 nitrogen and oxygen atoms in total. The van der Waals surface area contributed by atoms with Gasteiger partial charge in [0.05, 0.1) is 11.0 Å². The number of nitro groups is 1. The molecule has 0 amide bonds. The van der Waals surface area contributed by atoms with Gasteiger partial charge in [0.2, 0.25) is 0 Å². The number of benzene rings is 2. The largest absolute Gasteiger partial charge is 0.350 e. The predicted octanol–water partition coefficient (Wildman–Crippen LogP) is 5.70. The highest BCUT2D eigenvalue weighted by Crippen LogP contribution is 2.38. The minimum absolute atomic E-state index is 0.0493. The normalized spacial score (nSPS) is 17.1. The molecule has 0 radical (unpaired) electrons. The van der Waals surface area contributed by atoms with Crippen molar-refractivity contribution >= 4 is 28.9 Å². The van der Waals surface area contributed by atoms with E-state index in [9.17, 15) is 10.1 Å². The maximum Gasteiger partial charge on any atom is 0.269 e. The molecule has 0 aliphatic carbocycles. The number of halogens is 2. The van der Waals surface area contributed by atoms with E-state index in [0.29, 0.717) is 16.6 Å². The average Bonchev–Trinajstić information content (AvgIpc) is 3.06. The molecule has 28 heavy (non-hydrogen) atoms. The number of aryl methyl sites for hydroxylation is 1. The number of non-ortho nitro benzene ring substituents is 1. The number of hydrogen-bond donors (Lipinski definition) is 0. The maximum absolute atomic E-state index is 11.3. The summed E-state index contributed by atoms with van der Waals surface area (Å²) in [7, 11) is 0. The summed E-state index contributed by atoms with van der Waals surface area (Å²) in [6, 6.07) is 16.4. The molecule has 0 saturated heterocycles. The van der Waals surface area contributed by atoms with E-state index in [1.807, 2.05) is 30.3 Å². The Kier molecular flexibility index (Phi) is 5.40. The number of nitro benzene ring substituents is 1. The third kappa shape index (κ3) is 3.78. The summed E-state index contributed by atoms with van der Waals surface area (Å²) in [5.41, 5.74) is 3.03. The molecular weight excluding hydrogens is 397 g/mol. The van der Waals surface area contributed by atoms with Crippen molar-refractivity contribution in [3.8, 4) is 0 Å². The quantitative estimate of drug-likeness (QED) is 0.405. The summed E-state index contributed by atoms with van der Waals surface area (Å²) >= 11 is 12.6. The van der Waals surface area contributed by atoms with Gasteiger partial charge in [-0.25, -0.2) is 0 Å². The predicted molar refractivity (Wildman–Crippen MR) is 111 cm³/mol. The van der Waals surface area contributed by atoms with Crippen LogP contribution < -0.4 is 0 Å². The van der Waals surface area contributed by atoms with Crippen molar-refractivity contribution in [3.63, 3.8) is 0 Å². The van der Waals surface area contributed by atoms with Crippen LogP contribution in [0.3, 0.4) is 0 Å². The molecule has 0 bridgehead atoms. The lowest BCUT2D eigenvalue weighted by atomic mass is 10.00. The van der Waals surface area contributed by atoms with Gasteiger partial charge < -0.3 is 4.57 Å². The van der Waals surface area contributed by atoms with Gasteiger partial charge in [-0.15, -0.1) is 0 Å². The van der Waals surface area contributed by atoms with Crippen LogP contribution in [-0.4, -0.2) is 20.9 Å². The summed E-state index contributed by atoms with van der Waals surface area (Å²) in [5.74, 6) is 0. The van der Waals surface area contributed by atoms with Crippen molar-refractivity contribution in [2.75, 3.05) is 6.54 Å². The molecule has 1 aliphatic heterocycles. The maximum atomic E-state index is 11.3. The van der Waals surface area contributed by atoms with Gasteiger partial charge in [-0.3, -0.25) is 15.0 Å². The lowest BCUT2D eigenvalue weighted by Crippen LogP contribution is -2.29. The van der Waals surface area contributed by atoms with Crippen LogP contribution in [0.4, 0.5) is 5.69 Å². The zero-order chi connectivity index (χ0) is 19.7. The molecule has 2 aromatic carbocycles. The van der Waals surface area contributed by atoms with Gasteiger partial charge >= 0.3 is 0 Å². The number of aromatic nitrogens is 1. The number of nitrogens with zero attached hydrogens (tertiary/aromatic N) is 3. The van der Waals surface area contributed by atoms with Crippen molar-refractivity contribution in [1.82, 2.24) is 9.47 Å². The van der Waals surface area contributed by atoms with E-state index < -0.39 is 0 Å². The molecule has 0 spiro atoms. The second-order valence-electron chi connectivity index (χ2n) is 6.94. The molecule has 7 heteroatoms. The molecule has 3 aromatic rings. The minimum Gasteiger partial charge on any atom is -0.350 e. The Hall–Kier alpha value is -2.34. The van der Waals surface area contributed by atoms with Gasteiger partial charge in [-0.1, -0.05) is 35.3 Å². The van der Waals surface area contributed by atoms with Crippen molar-refractivity contribution < 1.29 is 4.92 Å². The molecule has 0 saturated carbocycles. The lowest BCUT2D eigenvalue weighted by Gasteiger charge is -2.31. The smallest absolute Gasteiger partial charge is 0.269 e. The first kappa shape index (κ1) is 19.0. The van der Waals surface area contributed by atoms with Crippen LogP contribution in [0.5, 0.6) is 0 Å². The van der Waals surface area contributed by atoms with Gasteiger partial charge in [0.25, 0.3) is 5.69 Å². The van der Waals surface area contributed by atoms with Crippen molar-refractivity contribution in [1.29, 1.82) is 0 Å². The Labute approximate surface area is 173 Å². The Morgan fingerprint density at radius 2 is 1.86 bits per heavy atom. The van der Waals surface area contributed by atoms with Crippen LogP contribution in [0.2, 0.25) is 10.0 Å². The minimum atomic E-state index is -0.376. The summed E-state index contributed by atoms with van der Waals surface area (Å²) in [4.78, 5) is 13.3. The molecule has 0 N–H and O–H groups in total. The molecule has 1 atom stereocenters. The van der Waals surface area contributed by atoms with Crippen LogP contribution >= 0.6 is 23.2 Å². The van der Waals surface area contributed by atoms with E-state index in [1.54, 1.807) is 12.1 Å².